The van der Waals surface area contributed by atoms with Gasteiger partial charge in [0.15, 0.2) is 0 Å². The number of nitrogens with zero attached hydrogens (tertiary/aromatic N) is 3. The largest absolute Gasteiger partial charge is 0.338 e. The van der Waals surface area contributed by atoms with Crippen molar-refractivity contribution < 1.29 is 4.52 Å². The van der Waals surface area contributed by atoms with Crippen LogP contribution in [0, 0.1) is 0 Å². The summed E-state index contributed by atoms with van der Waals surface area (Å²) in [5.74, 6) is 1.39. The molecule has 0 aliphatic carbocycles. The summed E-state index contributed by atoms with van der Waals surface area (Å²) in [6, 6.07) is 2.53. The molecule has 96 valence electrons. The Kier molecular flexibility index (Phi) is 3.40. The van der Waals surface area contributed by atoms with Gasteiger partial charge in [-0.2, -0.15) is 16.3 Å². The summed E-state index contributed by atoms with van der Waals surface area (Å²) in [5.41, 5.74) is 1.03. The first-order valence-corrected chi connectivity index (χ1v) is 7.06. The number of rotatable bonds is 3. The molecule has 2 aromatic heterocycles. The predicted molar refractivity (Wildman–Crippen MR) is 70.4 cm³/mol. The normalized spacial score (nSPS) is 21.3. The Bertz CT molecular complexity index is 496. The van der Waals surface area contributed by atoms with Gasteiger partial charge in [-0.15, -0.1) is 0 Å². The highest BCUT2D eigenvalue weighted by Crippen LogP contribution is 2.19. The van der Waals surface area contributed by atoms with Crippen LogP contribution >= 0.6 is 11.3 Å². The quantitative estimate of drug-likeness (QED) is 0.912. The summed E-state index contributed by atoms with van der Waals surface area (Å²) < 4.78 is 5.31. The van der Waals surface area contributed by atoms with E-state index in [2.05, 4.69) is 27.3 Å². The van der Waals surface area contributed by atoms with Gasteiger partial charge in [0.2, 0.25) is 11.7 Å². The first-order chi connectivity index (χ1) is 8.81. The Morgan fingerprint density at radius 3 is 3.33 bits per heavy atom. The molecule has 5 nitrogen and oxygen atoms in total. The van der Waals surface area contributed by atoms with E-state index in [4.69, 9.17) is 4.52 Å². The average molecular weight is 264 g/mol. The molecule has 0 amide bonds. The first-order valence-electron chi connectivity index (χ1n) is 6.12. The molecule has 3 rings (SSSR count). The van der Waals surface area contributed by atoms with Crippen molar-refractivity contribution in [2.45, 2.75) is 19.5 Å². The highest BCUT2D eigenvalue weighted by molar-refractivity contribution is 7.08. The summed E-state index contributed by atoms with van der Waals surface area (Å²) in [5, 5.41) is 11.5. The number of piperazine rings is 1. The molecule has 1 unspecified atom stereocenters. The van der Waals surface area contributed by atoms with E-state index in [9.17, 15) is 0 Å². The standard InChI is InChI=1S/C12H16N4OS/c1-9-6-16(4-3-13-9)7-11-14-12(15-17-11)10-2-5-18-8-10/h2,5,8-9,13H,3-4,6-7H2,1H3. The van der Waals surface area contributed by atoms with Crippen molar-refractivity contribution in [3.8, 4) is 11.4 Å². The summed E-state index contributed by atoms with van der Waals surface area (Å²) >= 11 is 1.64. The second kappa shape index (κ2) is 5.17. The van der Waals surface area contributed by atoms with Gasteiger partial charge in [-0.25, -0.2) is 0 Å². The zero-order valence-electron chi connectivity index (χ0n) is 10.3. The van der Waals surface area contributed by atoms with E-state index in [1.807, 2.05) is 16.8 Å². The molecule has 1 aliphatic heterocycles. The van der Waals surface area contributed by atoms with Gasteiger partial charge >= 0.3 is 0 Å². The van der Waals surface area contributed by atoms with Crippen LogP contribution in [0.1, 0.15) is 12.8 Å². The lowest BCUT2D eigenvalue weighted by Gasteiger charge is -2.30. The fraction of sp³-hybridized carbons (Fsp3) is 0.500. The summed E-state index contributed by atoms with van der Waals surface area (Å²) in [6.45, 7) is 6.00. The molecule has 1 saturated heterocycles. The SMILES string of the molecule is CC1CN(Cc2nc(-c3ccsc3)no2)CCN1. The van der Waals surface area contributed by atoms with Crippen molar-refractivity contribution >= 4 is 11.3 Å². The lowest BCUT2D eigenvalue weighted by atomic mass is 10.2. The van der Waals surface area contributed by atoms with Gasteiger partial charge in [-0.05, 0) is 18.4 Å². The third-order valence-electron chi connectivity index (χ3n) is 3.06. The highest BCUT2D eigenvalue weighted by atomic mass is 32.1. The molecule has 1 atom stereocenters. The van der Waals surface area contributed by atoms with Crippen molar-refractivity contribution in [2.75, 3.05) is 19.6 Å². The molecule has 1 fully saturated rings. The smallest absolute Gasteiger partial charge is 0.241 e. The molecular weight excluding hydrogens is 248 g/mol. The number of nitrogens with one attached hydrogen (secondary N) is 1. The molecule has 0 radical (unpaired) electrons. The van der Waals surface area contributed by atoms with Crippen LogP contribution in [0.5, 0.6) is 0 Å². The molecule has 2 aromatic rings. The number of thiophene rings is 1. The van der Waals surface area contributed by atoms with Gasteiger partial charge in [0.25, 0.3) is 0 Å². The maximum atomic E-state index is 5.31. The van der Waals surface area contributed by atoms with Gasteiger partial charge < -0.3 is 9.84 Å². The van der Waals surface area contributed by atoms with Crippen molar-refractivity contribution in [3.05, 3.63) is 22.7 Å². The maximum absolute atomic E-state index is 5.31. The van der Waals surface area contributed by atoms with E-state index in [-0.39, 0.29) is 0 Å². The zero-order chi connectivity index (χ0) is 12.4. The minimum absolute atomic E-state index is 0.526. The van der Waals surface area contributed by atoms with Crippen LogP contribution < -0.4 is 5.32 Å². The maximum Gasteiger partial charge on any atom is 0.241 e. The Morgan fingerprint density at radius 2 is 2.56 bits per heavy atom. The Morgan fingerprint density at radius 1 is 1.61 bits per heavy atom. The number of aromatic nitrogens is 2. The molecule has 3 heterocycles. The van der Waals surface area contributed by atoms with E-state index in [1.165, 1.54) is 0 Å². The molecule has 0 bridgehead atoms. The molecule has 0 saturated carbocycles. The van der Waals surface area contributed by atoms with Gasteiger partial charge in [-0.1, -0.05) is 5.16 Å². The van der Waals surface area contributed by atoms with Crippen LogP contribution in [-0.2, 0) is 6.54 Å². The minimum atomic E-state index is 0.526. The highest BCUT2D eigenvalue weighted by Gasteiger charge is 2.18. The molecule has 1 N–H and O–H groups in total. The van der Waals surface area contributed by atoms with Crippen LogP contribution in [0.4, 0.5) is 0 Å². The second-order valence-corrected chi connectivity index (χ2v) is 5.39. The first kappa shape index (κ1) is 11.8. The topological polar surface area (TPSA) is 54.2 Å². The van der Waals surface area contributed by atoms with E-state index in [0.717, 1.165) is 31.7 Å². The molecule has 6 heteroatoms. The molecule has 18 heavy (non-hydrogen) atoms. The van der Waals surface area contributed by atoms with Crippen LogP contribution in [0.15, 0.2) is 21.3 Å². The number of hydrogen-bond acceptors (Lipinski definition) is 6. The van der Waals surface area contributed by atoms with Crippen molar-refractivity contribution in [1.29, 1.82) is 0 Å². The van der Waals surface area contributed by atoms with Crippen molar-refractivity contribution in [3.63, 3.8) is 0 Å². The summed E-state index contributed by atoms with van der Waals surface area (Å²) in [4.78, 5) is 6.78. The molecular formula is C12H16N4OS. The third-order valence-corrected chi connectivity index (χ3v) is 3.74. The molecule has 0 aromatic carbocycles. The number of hydrogen-bond donors (Lipinski definition) is 1. The van der Waals surface area contributed by atoms with Crippen LogP contribution in [0.25, 0.3) is 11.4 Å². The van der Waals surface area contributed by atoms with Gasteiger partial charge in [0.1, 0.15) is 0 Å². The lowest BCUT2D eigenvalue weighted by Crippen LogP contribution is -2.48. The Balaban J connectivity index is 1.66. The van der Waals surface area contributed by atoms with Crippen molar-refractivity contribution in [2.24, 2.45) is 0 Å². The summed E-state index contributed by atoms with van der Waals surface area (Å²) in [7, 11) is 0. The van der Waals surface area contributed by atoms with Gasteiger partial charge in [0, 0.05) is 36.6 Å². The Hall–Kier alpha value is -1.24. The van der Waals surface area contributed by atoms with Gasteiger partial charge in [-0.3, -0.25) is 4.90 Å². The van der Waals surface area contributed by atoms with E-state index >= 15 is 0 Å². The van der Waals surface area contributed by atoms with Gasteiger partial charge in [0.05, 0.1) is 6.54 Å². The van der Waals surface area contributed by atoms with E-state index < -0.39 is 0 Å². The fourth-order valence-electron chi connectivity index (χ4n) is 2.18. The predicted octanol–water partition coefficient (Wildman–Crippen LogP) is 1.59. The van der Waals surface area contributed by atoms with Crippen molar-refractivity contribution in [1.82, 2.24) is 20.4 Å². The summed E-state index contributed by atoms with van der Waals surface area (Å²) in [6.07, 6.45) is 0. The van der Waals surface area contributed by atoms with Crippen LogP contribution in [0.2, 0.25) is 0 Å². The third kappa shape index (κ3) is 2.60. The second-order valence-electron chi connectivity index (χ2n) is 4.61. The Labute approximate surface area is 110 Å². The lowest BCUT2D eigenvalue weighted by molar-refractivity contribution is 0.177. The van der Waals surface area contributed by atoms with Crippen LogP contribution in [-0.4, -0.2) is 40.7 Å². The van der Waals surface area contributed by atoms with E-state index in [0.29, 0.717) is 17.8 Å². The fourth-order valence-corrected chi connectivity index (χ4v) is 2.81. The monoisotopic (exact) mass is 264 g/mol. The zero-order valence-corrected chi connectivity index (χ0v) is 11.1. The average Bonchev–Trinajstić information content (AvgIpc) is 2.98. The minimum Gasteiger partial charge on any atom is -0.338 e. The molecule has 0 spiro atoms. The van der Waals surface area contributed by atoms with E-state index in [1.54, 1.807) is 11.3 Å². The molecule has 1 aliphatic rings. The van der Waals surface area contributed by atoms with Crippen LogP contribution in [0.3, 0.4) is 0 Å².